The van der Waals surface area contributed by atoms with Crippen molar-refractivity contribution in [1.82, 2.24) is 9.55 Å². The maximum absolute atomic E-state index is 13.3. The van der Waals surface area contributed by atoms with Gasteiger partial charge in [-0.05, 0) is 50.8 Å². The van der Waals surface area contributed by atoms with Crippen LogP contribution in [0, 0.1) is 20.8 Å². The highest BCUT2D eigenvalue weighted by Crippen LogP contribution is 2.36. The molecule has 1 aromatic carbocycles. The zero-order chi connectivity index (χ0) is 20.4. The summed E-state index contributed by atoms with van der Waals surface area (Å²) < 4.78 is 6.67. The number of hydrogen-bond donors (Lipinski definition) is 0. The standard InChI is InChI=1S/C22H26N2O3S/c1-6-7-10-27-22(26)15(4)24-12-23-20-19(21(24)25)18(16(5)28-20)17-9-8-13(2)14(3)11-17/h8-9,11-12,15H,6-7,10H2,1-5H3/t15-/m1/s1. The van der Waals surface area contributed by atoms with Crippen molar-refractivity contribution in [1.29, 1.82) is 0 Å². The van der Waals surface area contributed by atoms with Gasteiger partial charge in [0.2, 0.25) is 0 Å². The summed E-state index contributed by atoms with van der Waals surface area (Å²) in [4.78, 5) is 31.8. The van der Waals surface area contributed by atoms with E-state index < -0.39 is 12.0 Å². The largest absolute Gasteiger partial charge is 0.464 e. The third kappa shape index (κ3) is 3.74. The predicted octanol–water partition coefficient (Wildman–Crippen LogP) is 4.95. The minimum atomic E-state index is -0.714. The molecule has 3 rings (SSSR count). The van der Waals surface area contributed by atoms with Crippen molar-refractivity contribution < 1.29 is 9.53 Å². The van der Waals surface area contributed by atoms with E-state index in [1.165, 1.54) is 33.4 Å². The van der Waals surface area contributed by atoms with Crippen LogP contribution in [0.2, 0.25) is 0 Å². The van der Waals surface area contributed by atoms with Gasteiger partial charge in [0.25, 0.3) is 5.56 Å². The van der Waals surface area contributed by atoms with Gasteiger partial charge in [-0.3, -0.25) is 9.36 Å². The van der Waals surface area contributed by atoms with E-state index in [-0.39, 0.29) is 5.56 Å². The van der Waals surface area contributed by atoms with Crippen molar-refractivity contribution in [2.45, 2.75) is 53.5 Å². The normalized spacial score (nSPS) is 12.3. The molecular formula is C22H26N2O3S. The van der Waals surface area contributed by atoms with E-state index in [9.17, 15) is 9.59 Å². The van der Waals surface area contributed by atoms with E-state index in [1.807, 2.05) is 19.9 Å². The van der Waals surface area contributed by atoms with Gasteiger partial charge >= 0.3 is 5.97 Å². The van der Waals surface area contributed by atoms with Crippen LogP contribution in [0.25, 0.3) is 21.3 Å². The van der Waals surface area contributed by atoms with Crippen molar-refractivity contribution in [2.75, 3.05) is 6.61 Å². The van der Waals surface area contributed by atoms with Crippen LogP contribution >= 0.6 is 11.3 Å². The van der Waals surface area contributed by atoms with Crippen LogP contribution in [0.5, 0.6) is 0 Å². The minimum absolute atomic E-state index is 0.206. The molecule has 1 atom stereocenters. The Labute approximate surface area is 169 Å². The Hall–Kier alpha value is -2.47. The second kappa shape index (κ2) is 8.27. The quantitative estimate of drug-likeness (QED) is 0.435. The van der Waals surface area contributed by atoms with Gasteiger partial charge in [0.1, 0.15) is 10.9 Å². The highest BCUT2D eigenvalue weighted by Gasteiger charge is 2.22. The van der Waals surface area contributed by atoms with Gasteiger partial charge in [-0.1, -0.05) is 31.5 Å². The number of hydrogen-bond acceptors (Lipinski definition) is 5. The topological polar surface area (TPSA) is 61.2 Å². The van der Waals surface area contributed by atoms with Crippen molar-refractivity contribution in [3.8, 4) is 11.1 Å². The molecule has 0 radical (unpaired) electrons. The molecule has 0 N–H and O–H groups in total. The Morgan fingerprint density at radius 2 is 2.00 bits per heavy atom. The van der Waals surface area contributed by atoms with Crippen LogP contribution in [0.3, 0.4) is 0 Å². The van der Waals surface area contributed by atoms with Crippen LogP contribution in [0.15, 0.2) is 29.3 Å². The molecule has 0 saturated carbocycles. The van der Waals surface area contributed by atoms with Gasteiger partial charge in [0.15, 0.2) is 0 Å². The van der Waals surface area contributed by atoms with E-state index in [1.54, 1.807) is 6.92 Å². The lowest BCUT2D eigenvalue weighted by atomic mass is 9.99. The summed E-state index contributed by atoms with van der Waals surface area (Å²) in [6.07, 6.45) is 3.21. The first kappa shape index (κ1) is 20.3. The van der Waals surface area contributed by atoms with Gasteiger partial charge in [-0.2, -0.15) is 0 Å². The van der Waals surface area contributed by atoms with E-state index in [0.29, 0.717) is 16.8 Å². The smallest absolute Gasteiger partial charge is 0.328 e. The summed E-state index contributed by atoms with van der Waals surface area (Å²) in [5.41, 5.74) is 4.08. The summed E-state index contributed by atoms with van der Waals surface area (Å²) in [5.74, 6) is -0.406. The van der Waals surface area contributed by atoms with Gasteiger partial charge in [-0.15, -0.1) is 11.3 Å². The Balaban J connectivity index is 2.09. The van der Waals surface area contributed by atoms with Crippen molar-refractivity contribution in [2.24, 2.45) is 0 Å². The number of rotatable bonds is 6. The molecule has 0 amide bonds. The molecule has 0 aliphatic rings. The van der Waals surface area contributed by atoms with Gasteiger partial charge < -0.3 is 4.74 Å². The second-order valence-electron chi connectivity index (χ2n) is 7.17. The van der Waals surface area contributed by atoms with Crippen LogP contribution in [0.4, 0.5) is 0 Å². The average molecular weight is 399 g/mol. The number of carbonyl (C=O) groups is 1. The molecule has 0 fully saturated rings. The first-order chi connectivity index (χ1) is 13.3. The summed E-state index contributed by atoms with van der Waals surface area (Å²) >= 11 is 1.50. The van der Waals surface area contributed by atoms with Crippen LogP contribution in [-0.4, -0.2) is 22.1 Å². The molecule has 2 heterocycles. The summed E-state index contributed by atoms with van der Waals surface area (Å²) in [6, 6.07) is 5.49. The third-order valence-electron chi connectivity index (χ3n) is 5.11. The van der Waals surface area contributed by atoms with Gasteiger partial charge in [0, 0.05) is 10.4 Å². The van der Waals surface area contributed by atoms with Crippen LogP contribution in [0.1, 0.15) is 48.7 Å². The molecule has 6 heteroatoms. The zero-order valence-corrected chi connectivity index (χ0v) is 17.9. The fourth-order valence-electron chi connectivity index (χ4n) is 3.19. The van der Waals surface area contributed by atoms with Crippen LogP contribution < -0.4 is 5.56 Å². The predicted molar refractivity (Wildman–Crippen MR) is 114 cm³/mol. The molecule has 0 saturated heterocycles. The highest BCUT2D eigenvalue weighted by molar-refractivity contribution is 7.19. The lowest BCUT2D eigenvalue weighted by Gasteiger charge is -2.14. The maximum Gasteiger partial charge on any atom is 0.328 e. The fraction of sp³-hybridized carbons (Fsp3) is 0.409. The molecule has 28 heavy (non-hydrogen) atoms. The third-order valence-corrected chi connectivity index (χ3v) is 6.12. The van der Waals surface area contributed by atoms with Crippen molar-refractivity contribution in [3.63, 3.8) is 0 Å². The Morgan fingerprint density at radius 3 is 2.68 bits per heavy atom. The summed E-state index contributed by atoms with van der Waals surface area (Å²) in [5, 5.41) is 0.571. The number of fused-ring (bicyclic) bond motifs is 1. The number of aromatic nitrogens is 2. The first-order valence-electron chi connectivity index (χ1n) is 9.59. The first-order valence-corrected chi connectivity index (χ1v) is 10.4. The molecule has 0 spiro atoms. The number of nitrogens with zero attached hydrogens (tertiary/aromatic N) is 2. The number of carbonyl (C=O) groups excluding carboxylic acids is 1. The Morgan fingerprint density at radius 1 is 1.25 bits per heavy atom. The average Bonchev–Trinajstić information content (AvgIpc) is 3.00. The molecule has 2 aromatic heterocycles. The number of benzene rings is 1. The summed E-state index contributed by atoms with van der Waals surface area (Å²) in [6.45, 7) is 10.2. The number of aryl methyl sites for hydroxylation is 3. The Kier molecular flexibility index (Phi) is 5.98. The molecule has 0 aliphatic carbocycles. The molecule has 0 unspecified atom stereocenters. The van der Waals surface area contributed by atoms with E-state index in [2.05, 4.69) is 31.0 Å². The SMILES string of the molecule is CCCCOC(=O)[C@@H](C)n1cnc2sc(C)c(-c3ccc(C)c(C)c3)c2c1=O. The zero-order valence-electron chi connectivity index (χ0n) is 17.0. The van der Waals surface area contributed by atoms with Crippen molar-refractivity contribution in [3.05, 3.63) is 50.9 Å². The van der Waals surface area contributed by atoms with Gasteiger partial charge in [-0.25, -0.2) is 9.78 Å². The number of unbranched alkanes of at least 4 members (excludes halogenated alkanes) is 1. The van der Waals surface area contributed by atoms with Gasteiger partial charge in [0.05, 0.1) is 18.3 Å². The van der Waals surface area contributed by atoms with E-state index >= 15 is 0 Å². The fourth-order valence-corrected chi connectivity index (χ4v) is 4.19. The maximum atomic E-state index is 13.3. The molecule has 0 bridgehead atoms. The summed E-state index contributed by atoms with van der Waals surface area (Å²) in [7, 11) is 0. The number of ether oxygens (including phenoxy) is 1. The molecule has 5 nitrogen and oxygen atoms in total. The molecule has 0 aliphatic heterocycles. The Bertz CT molecular complexity index is 1080. The minimum Gasteiger partial charge on any atom is -0.464 e. The lowest BCUT2D eigenvalue weighted by Crippen LogP contribution is -2.29. The van der Waals surface area contributed by atoms with E-state index in [0.717, 1.165) is 28.8 Å². The van der Waals surface area contributed by atoms with Crippen LogP contribution in [-0.2, 0) is 9.53 Å². The molecule has 148 valence electrons. The molecule has 3 aromatic rings. The monoisotopic (exact) mass is 398 g/mol. The van der Waals surface area contributed by atoms with Crippen molar-refractivity contribution >= 4 is 27.5 Å². The highest BCUT2D eigenvalue weighted by atomic mass is 32.1. The number of thiophene rings is 1. The second-order valence-corrected chi connectivity index (χ2v) is 8.37. The lowest BCUT2D eigenvalue weighted by molar-refractivity contribution is -0.147. The molecular weight excluding hydrogens is 372 g/mol. The van der Waals surface area contributed by atoms with E-state index in [4.69, 9.17) is 4.74 Å². The number of esters is 1.